The molecule has 2 rings (SSSR count). The van der Waals surface area contributed by atoms with E-state index >= 15 is 0 Å². The van der Waals surface area contributed by atoms with Gasteiger partial charge in [-0.3, -0.25) is 14.9 Å². The zero-order valence-corrected chi connectivity index (χ0v) is 13.8. The largest absolute Gasteiger partial charge is 0.376 e. The van der Waals surface area contributed by atoms with Crippen molar-refractivity contribution < 1.29 is 18.1 Å². The molecule has 1 aromatic carbocycles. The molecule has 8 nitrogen and oxygen atoms in total. The Morgan fingerprint density at radius 1 is 1.43 bits per heavy atom. The molecule has 23 heavy (non-hydrogen) atoms. The maximum atomic E-state index is 12.0. The lowest BCUT2D eigenvalue weighted by molar-refractivity contribution is -0.384. The molecule has 1 unspecified atom stereocenters. The Morgan fingerprint density at radius 2 is 2.13 bits per heavy atom. The number of carbonyl (C=O) groups excluding carboxylic acids is 1. The summed E-state index contributed by atoms with van der Waals surface area (Å²) in [5.74, 6) is -0.349. The normalized spacial score (nSPS) is 22.5. The van der Waals surface area contributed by atoms with Crippen LogP contribution in [0.4, 0.5) is 11.4 Å². The van der Waals surface area contributed by atoms with E-state index in [0.717, 1.165) is 5.56 Å². The van der Waals surface area contributed by atoms with E-state index in [-0.39, 0.29) is 29.6 Å². The Hall–Kier alpha value is -2.16. The topological polar surface area (TPSA) is 118 Å². The Labute approximate surface area is 134 Å². The summed E-state index contributed by atoms with van der Waals surface area (Å²) in [5.41, 5.74) is 0.457. The third-order valence-corrected chi connectivity index (χ3v) is 5.72. The standard InChI is InChI=1S/C14H19N3O5S/c1-10-3-4-11(17(19)20)7-12(10)15-8-13(18)16-14(2)5-6-23(21,22)9-14/h3-4,7,15H,5-6,8-9H2,1-2H3,(H,16,18). The van der Waals surface area contributed by atoms with Gasteiger partial charge in [0.25, 0.3) is 5.69 Å². The van der Waals surface area contributed by atoms with E-state index in [4.69, 9.17) is 0 Å². The number of nitrogens with zero attached hydrogens (tertiary/aromatic N) is 1. The zero-order valence-electron chi connectivity index (χ0n) is 13.0. The Morgan fingerprint density at radius 3 is 2.70 bits per heavy atom. The van der Waals surface area contributed by atoms with Crippen LogP contribution in [-0.2, 0) is 14.6 Å². The summed E-state index contributed by atoms with van der Waals surface area (Å²) in [6.45, 7) is 3.39. The number of nitrogens with one attached hydrogen (secondary N) is 2. The van der Waals surface area contributed by atoms with Crippen molar-refractivity contribution in [2.75, 3.05) is 23.4 Å². The second-order valence-corrected chi connectivity index (χ2v) is 8.24. The summed E-state index contributed by atoms with van der Waals surface area (Å²) in [6.07, 6.45) is 0.386. The molecule has 1 aliphatic rings. The third-order valence-electron chi connectivity index (χ3n) is 3.82. The molecular formula is C14H19N3O5S. The van der Waals surface area contributed by atoms with Crippen molar-refractivity contribution in [1.82, 2.24) is 5.32 Å². The zero-order chi connectivity index (χ0) is 17.3. The van der Waals surface area contributed by atoms with Crippen molar-refractivity contribution in [2.45, 2.75) is 25.8 Å². The third kappa shape index (κ3) is 4.41. The molecule has 1 amide bonds. The summed E-state index contributed by atoms with van der Waals surface area (Å²) in [6, 6.07) is 4.36. The highest BCUT2D eigenvalue weighted by molar-refractivity contribution is 7.91. The molecule has 2 N–H and O–H groups in total. The van der Waals surface area contributed by atoms with Gasteiger partial charge < -0.3 is 10.6 Å². The number of hydrogen-bond donors (Lipinski definition) is 2. The highest BCUT2D eigenvalue weighted by Gasteiger charge is 2.39. The van der Waals surface area contributed by atoms with E-state index in [1.54, 1.807) is 19.9 Å². The Balaban J connectivity index is 1.97. The average Bonchev–Trinajstić information content (AvgIpc) is 2.71. The Kier molecular flexibility index (Phi) is 4.60. The van der Waals surface area contributed by atoms with E-state index in [1.165, 1.54) is 12.1 Å². The fourth-order valence-electron chi connectivity index (χ4n) is 2.58. The van der Waals surface area contributed by atoms with Crippen molar-refractivity contribution in [2.24, 2.45) is 0 Å². The van der Waals surface area contributed by atoms with Gasteiger partial charge in [-0.25, -0.2) is 8.42 Å². The summed E-state index contributed by atoms with van der Waals surface area (Å²) in [5, 5.41) is 16.4. The minimum atomic E-state index is -3.10. The number of carbonyl (C=O) groups is 1. The number of amides is 1. The Bertz CT molecular complexity index is 747. The highest BCUT2D eigenvalue weighted by atomic mass is 32.2. The second kappa shape index (κ2) is 6.15. The van der Waals surface area contributed by atoms with E-state index < -0.39 is 20.3 Å². The van der Waals surface area contributed by atoms with Crippen molar-refractivity contribution in [3.05, 3.63) is 33.9 Å². The number of anilines is 1. The molecule has 0 bridgehead atoms. The van der Waals surface area contributed by atoms with Crippen LogP contribution in [0.25, 0.3) is 0 Å². The number of aryl methyl sites for hydroxylation is 1. The quantitative estimate of drug-likeness (QED) is 0.609. The van der Waals surface area contributed by atoms with Gasteiger partial charge in [0, 0.05) is 17.8 Å². The molecule has 0 aliphatic carbocycles. The predicted molar refractivity (Wildman–Crippen MR) is 86.1 cm³/mol. The smallest absolute Gasteiger partial charge is 0.271 e. The first-order valence-corrected chi connectivity index (χ1v) is 8.93. The van der Waals surface area contributed by atoms with Crippen molar-refractivity contribution >= 4 is 27.1 Å². The number of nitro benzene ring substituents is 1. The van der Waals surface area contributed by atoms with E-state index in [9.17, 15) is 23.3 Å². The van der Waals surface area contributed by atoms with Gasteiger partial charge in [0.1, 0.15) is 0 Å². The molecule has 0 radical (unpaired) electrons. The molecule has 1 fully saturated rings. The van der Waals surface area contributed by atoms with E-state index in [2.05, 4.69) is 10.6 Å². The van der Waals surface area contributed by atoms with Crippen molar-refractivity contribution in [3.8, 4) is 0 Å². The van der Waals surface area contributed by atoms with Crippen LogP contribution in [-0.4, -0.2) is 42.8 Å². The van der Waals surface area contributed by atoms with Gasteiger partial charge in [-0.2, -0.15) is 0 Å². The lowest BCUT2D eigenvalue weighted by atomic mass is 10.0. The molecule has 0 aromatic heterocycles. The molecule has 1 atom stereocenters. The lowest BCUT2D eigenvalue weighted by Gasteiger charge is -2.24. The predicted octanol–water partition coefficient (Wildman–Crippen LogP) is 1.01. The van der Waals surface area contributed by atoms with Gasteiger partial charge in [0.15, 0.2) is 9.84 Å². The molecule has 1 heterocycles. The molecule has 1 aromatic rings. The molecule has 0 spiro atoms. The number of non-ortho nitro benzene ring substituents is 1. The minimum Gasteiger partial charge on any atom is -0.376 e. The molecule has 126 valence electrons. The van der Waals surface area contributed by atoms with Gasteiger partial charge in [-0.15, -0.1) is 0 Å². The number of rotatable bonds is 5. The van der Waals surface area contributed by atoms with Crippen LogP contribution in [0.5, 0.6) is 0 Å². The molecular weight excluding hydrogens is 322 g/mol. The van der Waals surface area contributed by atoms with E-state index in [0.29, 0.717) is 12.1 Å². The molecule has 9 heteroatoms. The molecule has 0 saturated carbocycles. The lowest BCUT2D eigenvalue weighted by Crippen LogP contribution is -2.48. The highest BCUT2D eigenvalue weighted by Crippen LogP contribution is 2.23. The maximum absolute atomic E-state index is 12.0. The van der Waals surface area contributed by atoms with Gasteiger partial charge in [-0.1, -0.05) is 6.07 Å². The summed E-state index contributed by atoms with van der Waals surface area (Å²) in [4.78, 5) is 22.3. The van der Waals surface area contributed by atoms with Crippen LogP contribution in [0.1, 0.15) is 18.9 Å². The first-order chi connectivity index (χ1) is 10.6. The number of nitro groups is 1. The van der Waals surface area contributed by atoms with Crippen molar-refractivity contribution in [3.63, 3.8) is 0 Å². The molecule has 1 saturated heterocycles. The fraction of sp³-hybridized carbons (Fsp3) is 0.500. The van der Waals surface area contributed by atoms with Gasteiger partial charge >= 0.3 is 0 Å². The van der Waals surface area contributed by atoms with Crippen LogP contribution in [0, 0.1) is 17.0 Å². The first-order valence-electron chi connectivity index (χ1n) is 7.11. The summed E-state index contributed by atoms with van der Waals surface area (Å²) >= 11 is 0. The fourth-order valence-corrected chi connectivity index (χ4v) is 4.67. The monoisotopic (exact) mass is 341 g/mol. The van der Waals surface area contributed by atoms with Gasteiger partial charge in [0.2, 0.25) is 5.91 Å². The van der Waals surface area contributed by atoms with Crippen LogP contribution in [0.2, 0.25) is 0 Å². The van der Waals surface area contributed by atoms with Crippen molar-refractivity contribution in [1.29, 1.82) is 0 Å². The average molecular weight is 341 g/mol. The van der Waals surface area contributed by atoms with Gasteiger partial charge in [-0.05, 0) is 25.8 Å². The van der Waals surface area contributed by atoms with E-state index in [1.807, 2.05) is 0 Å². The van der Waals surface area contributed by atoms with Crippen LogP contribution in [0.3, 0.4) is 0 Å². The van der Waals surface area contributed by atoms with Crippen LogP contribution >= 0.6 is 0 Å². The number of hydrogen-bond acceptors (Lipinski definition) is 6. The summed E-state index contributed by atoms with van der Waals surface area (Å²) < 4.78 is 23.0. The van der Waals surface area contributed by atoms with Crippen LogP contribution < -0.4 is 10.6 Å². The minimum absolute atomic E-state index is 0.0626. The first kappa shape index (κ1) is 17.2. The maximum Gasteiger partial charge on any atom is 0.271 e. The number of benzene rings is 1. The second-order valence-electron chi connectivity index (χ2n) is 6.06. The SMILES string of the molecule is Cc1ccc([N+](=O)[O-])cc1NCC(=O)NC1(C)CCS(=O)(=O)C1. The molecule has 1 aliphatic heterocycles. The summed E-state index contributed by atoms with van der Waals surface area (Å²) in [7, 11) is -3.10. The van der Waals surface area contributed by atoms with Crippen LogP contribution in [0.15, 0.2) is 18.2 Å². The van der Waals surface area contributed by atoms with Gasteiger partial charge in [0.05, 0.1) is 28.5 Å². The number of sulfone groups is 1.